The summed E-state index contributed by atoms with van der Waals surface area (Å²) in [6, 6.07) is 3.60. The van der Waals surface area contributed by atoms with E-state index in [1.807, 2.05) is 0 Å². The Bertz CT molecular complexity index is 792. The van der Waals surface area contributed by atoms with Gasteiger partial charge in [-0.25, -0.2) is 12.8 Å². The van der Waals surface area contributed by atoms with Crippen molar-refractivity contribution >= 4 is 21.9 Å². The van der Waals surface area contributed by atoms with Gasteiger partial charge in [-0.15, -0.1) is 0 Å². The molecule has 1 saturated heterocycles. The second-order valence-electron chi connectivity index (χ2n) is 6.59. The number of halogens is 1. The molecule has 7 nitrogen and oxygen atoms in total. The fourth-order valence-corrected chi connectivity index (χ4v) is 4.50. The number of benzene rings is 1. The van der Waals surface area contributed by atoms with Crippen LogP contribution in [0.25, 0.3) is 0 Å². The predicted molar refractivity (Wildman–Crippen MR) is 90.0 cm³/mol. The highest BCUT2D eigenvalue weighted by molar-refractivity contribution is 7.89. The second-order valence-corrected chi connectivity index (χ2v) is 8.48. The molecule has 2 fully saturated rings. The van der Waals surface area contributed by atoms with Gasteiger partial charge in [0.05, 0.1) is 4.90 Å². The number of carbonyl (C=O) groups is 2. The van der Waals surface area contributed by atoms with Crippen molar-refractivity contribution in [1.82, 2.24) is 9.62 Å². The first-order chi connectivity index (χ1) is 12.3. The minimum Gasteiger partial charge on any atom is -0.451 e. The lowest BCUT2D eigenvalue weighted by Crippen LogP contribution is -2.44. The van der Waals surface area contributed by atoms with Crippen molar-refractivity contribution in [2.24, 2.45) is 0 Å². The molecule has 3 rings (SSSR count). The summed E-state index contributed by atoms with van der Waals surface area (Å²) in [7, 11) is -3.95. The Morgan fingerprint density at radius 3 is 2.50 bits per heavy atom. The van der Waals surface area contributed by atoms with Crippen molar-refractivity contribution in [3.63, 3.8) is 0 Å². The molecule has 2 aliphatic rings. The molecule has 26 heavy (non-hydrogen) atoms. The number of hydrogen-bond donors (Lipinski definition) is 1. The van der Waals surface area contributed by atoms with Crippen LogP contribution in [0.1, 0.15) is 32.6 Å². The Balaban J connectivity index is 1.69. The van der Waals surface area contributed by atoms with Gasteiger partial charge in [-0.1, -0.05) is 0 Å². The fourth-order valence-electron chi connectivity index (χ4n) is 2.86. The van der Waals surface area contributed by atoms with Crippen molar-refractivity contribution < 1.29 is 27.1 Å². The Hall–Kier alpha value is -2.00. The average Bonchev–Trinajstić information content (AvgIpc) is 3.25. The highest BCUT2D eigenvalue weighted by Gasteiger charge is 2.41. The molecule has 0 bridgehead atoms. The number of carbonyl (C=O) groups excluding carboxylic acids is 2. The van der Waals surface area contributed by atoms with Gasteiger partial charge in [0.15, 0.2) is 6.10 Å². The molecule has 1 heterocycles. The van der Waals surface area contributed by atoms with Gasteiger partial charge >= 0.3 is 5.97 Å². The van der Waals surface area contributed by atoms with E-state index in [1.54, 1.807) is 0 Å². The van der Waals surface area contributed by atoms with Crippen molar-refractivity contribution in [1.29, 1.82) is 0 Å². The number of nitrogens with zero attached hydrogens (tertiary/aromatic N) is 1. The molecular weight excluding hydrogens is 363 g/mol. The molecule has 1 aliphatic carbocycles. The third-order valence-corrected chi connectivity index (χ3v) is 6.40. The lowest BCUT2D eigenvalue weighted by atomic mass is 10.2. The number of nitrogens with one attached hydrogen (secondary N) is 1. The standard InChI is InChI=1S/C17H21FN2O5S/c1-11(16(21)19-13-6-7-13)25-17(22)15-3-2-10-20(15)26(23,24)14-8-4-12(18)5-9-14/h4-5,8-9,11,13,15H,2-3,6-7,10H2,1H3,(H,19,21)/t11-,15+/m1/s1. The summed E-state index contributed by atoms with van der Waals surface area (Å²) in [6.07, 6.45) is 1.66. The fraction of sp³-hybridized carbons (Fsp3) is 0.529. The minimum atomic E-state index is -3.95. The van der Waals surface area contributed by atoms with Crippen molar-refractivity contribution in [2.75, 3.05) is 6.54 Å². The Morgan fingerprint density at radius 1 is 1.23 bits per heavy atom. The minimum absolute atomic E-state index is 0.0851. The number of hydrogen-bond acceptors (Lipinski definition) is 5. The molecule has 2 atom stereocenters. The average molecular weight is 384 g/mol. The number of amides is 1. The van der Waals surface area contributed by atoms with E-state index in [0.717, 1.165) is 41.4 Å². The van der Waals surface area contributed by atoms with Crippen LogP contribution in [-0.2, 0) is 24.3 Å². The summed E-state index contributed by atoms with van der Waals surface area (Å²) in [5.41, 5.74) is 0. The molecule has 1 saturated carbocycles. The molecule has 0 radical (unpaired) electrons. The Labute approximate surface area is 151 Å². The summed E-state index contributed by atoms with van der Waals surface area (Å²) in [5.74, 6) is -1.67. The van der Waals surface area contributed by atoms with E-state index in [0.29, 0.717) is 12.8 Å². The van der Waals surface area contributed by atoms with Gasteiger partial charge in [-0.2, -0.15) is 4.31 Å². The maximum Gasteiger partial charge on any atom is 0.325 e. The molecule has 0 unspecified atom stereocenters. The highest BCUT2D eigenvalue weighted by Crippen LogP contribution is 2.27. The van der Waals surface area contributed by atoms with E-state index >= 15 is 0 Å². The van der Waals surface area contributed by atoms with Crippen molar-refractivity contribution in [2.45, 2.75) is 55.7 Å². The van der Waals surface area contributed by atoms with E-state index in [1.165, 1.54) is 6.92 Å². The lowest BCUT2D eigenvalue weighted by Gasteiger charge is -2.24. The molecule has 1 aliphatic heterocycles. The van der Waals surface area contributed by atoms with Crippen LogP contribution in [-0.4, -0.2) is 49.3 Å². The predicted octanol–water partition coefficient (Wildman–Crippen LogP) is 1.19. The molecule has 1 aromatic rings. The normalized spacial score (nSPS) is 22.0. The maximum absolute atomic E-state index is 13.1. The van der Waals surface area contributed by atoms with Gasteiger partial charge < -0.3 is 10.1 Å². The third-order valence-electron chi connectivity index (χ3n) is 4.48. The Morgan fingerprint density at radius 2 is 1.88 bits per heavy atom. The first-order valence-electron chi connectivity index (χ1n) is 8.57. The number of ether oxygens (including phenoxy) is 1. The third kappa shape index (κ3) is 4.04. The molecule has 1 aromatic carbocycles. The van der Waals surface area contributed by atoms with Gasteiger partial charge in [0.1, 0.15) is 11.9 Å². The molecule has 1 amide bonds. The summed E-state index contributed by atoms with van der Waals surface area (Å²) in [4.78, 5) is 24.3. The van der Waals surface area contributed by atoms with Crippen LogP contribution in [0.4, 0.5) is 4.39 Å². The van der Waals surface area contributed by atoms with Crippen LogP contribution in [0.2, 0.25) is 0 Å². The maximum atomic E-state index is 13.1. The smallest absolute Gasteiger partial charge is 0.325 e. The van der Waals surface area contributed by atoms with E-state index in [9.17, 15) is 22.4 Å². The first-order valence-corrected chi connectivity index (χ1v) is 10.0. The summed E-state index contributed by atoms with van der Waals surface area (Å²) in [6.45, 7) is 1.63. The Kier molecular flexibility index (Phi) is 5.29. The van der Waals surface area contributed by atoms with Crippen molar-refractivity contribution in [3.05, 3.63) is 30.1 Å². The van der Waals surface area contributed by atoms with E-state index in [2.05, 4.69) is 5.32 Å². The van der Waals surface area contributed by atoms with Gasteiger partial charge in [-0.05, 0) is 56.9 Å². The topological polar surface area (TPSA) is 92.8 Å². The van der Waals surface area contributed by atoms with Crippen LogP contribution < -0.4 is 5.32 Å². The van der Waals surface area contributed by atoms with Gasteiger partial charge in [0.2, 0.25) is 10.0 Å². The largest absolute Gasteiger partial charge is 0.451 e. The van der Waals surface area contributed by atoms with Crippen LogP contribution in [0.3, 0.4) is 0 Å². The zero-order valence-electron chi connectivity index (χ0n) is 14.4. The van der Waals surface area contributed by atoms with Crippen LogP contribution in [0, 0.1) is 5.82 Å². The molecule has 9 heteroatoms. The molecule has 0 spiro atoms. The van der Waals surface area contributed by atoms with E-state index in [4.69, 9.17) is 4.74 Å². The summed E-state index contributed by atoms with van der Waals surface area (Å²) in [5, 5.41) is 2.74. The molecule has 1 N–H and O–H groups in total. The number of esters is 1. The first kappa shape index (κ1) is 18.8. The monoisotopic (exact) mass is 384 g/mol. The van der Waals surface area contributed by atoms with Crippen LogP contribution in [0.5, 0.6) is 0 Å². The number of sulfonamides is 1. The summed E-state index contributed by atoms with van der Waals surface area (Å²) < 4.78 is 44.8. The van der Waals surface area contributed by atoms with Gasteiger partial charge in [0, 0.05) is 12.6 Å². The molecule has 142 valence electrons. The zero-order chi connectivity index (χ0) is 18.9. The SMILES string of the molecule is C[C@@H](OC(=O)[C@@H]1CCCN1S(=O)(=O)c1ccc(F)cc1)C(=O)NC1CC1. The zero-order valence-corrected chi connectivity index (χ0v) is 15.2. The van der Waals surface area contributed by atoms with Gasteiger partial charge in [-0.3, -0.25) is 9.59 Å². The quantitative estimate of drug-likeness (QED) is 0.744. The van der Waals surface area contributed by atoms with Crippen LogP contribution >= 0.6 is 0 Å². The second kappa shape index (κ2) is 7.32. The lowest BCUT2D eigenvalue weighted by molar-refractivity contribution is -0.157. The number of rotatable bonds is 6. The molecular formula is C17H21FN2O5S. The molecule has 0 aromatic heterocycles. The van der Waals surface area contributed by atoms with Crippen molar-refractivity contribution in [3.8, 4) is 0 Å². The van der Waals surface area contributed by atoms with Gasteiger partial charge in [0.25, 0.3) is 5.91 Å². The summed E-state index contributed by atoms with van der Waals surface area (Å²) >= 11 is 0. The highest BCUT2D eigenvalue weighted by atomic mass is 32.2. The van der Waals surface area contributed by atoms with Crippen LogP contribution in [0.15, 0.2) is 29.2 Å². The van der Waals surface area contributed by atoms with E-state index in [-0.39, 0.29) is 23.4 Å². The van der Waals surface area contributed by atoms with E-state index < -0.39 is 34.0 Å².